The largest absolute Gasteiger partial charge is 0.497 e. The molecular formula is C26H32N4O2S. The summed E-state index contributed by atoms with van der Waals surface area (Å²) in [5, 5.41) is 9.62. The van der Waals surface area contributed by atoms with Gasteiger partial charge >= 0.3 is 0 Å². The van der Waals surface area contributed by atoms with Gasteiger partial charge in [0.25, 0.3) is 0 Å². The topological polar surface area (TPSA) is 60.3 Å². The number of ether oxygens (including phenoxy) is 1. The molecule has 2 heterocycles. The lowest BCUT2D eigenvalue weighted by Gasteiger charge is -2.32. The van der Waals surface area contributed by atoms with Gasteiger partial charge in [0.15, 0.2) is 11.0 Å². The van der Waals surface area contributed by atoms with Crippen molar-refractivity contribution in [3.8, 4) is 17.1 Å². The summed E-state index contributed by atoms with van der Waals surface area (Å²) in [5.74, 6) is 2.84. The lowest BCUT2D eigenvalue weighted by molar-refractivity contribution is -0.129. The molecular weight excluding hydrogens is 432 g/mol. The van der Waals surface area contributed by atoms with E-state index in [1.165, 1.54) is 17.3 Å². The molecule has 0 bridgehead atoms. The van der Waals surface area contributed by atoms with E-state index in [4.69, 9.17) is 4.74 Å². The molecule has 0 atom stereocenters. The normalized spacial score (nSPS) is 14.6. The number of benzene rings is 2. The Morgan fingerprint density at radius 1 is 1.06 bits per heavy atom. The number of carbonyl (C=O) groups is 1. The summed E-state index contributed by atoms with van der Waals surface area (Å²) >= 11 is 1.48. The number of hydrogen-bond acceptors (Lipinski definition) is 5. The van der Waals surface area contributed by atoms with E-state index in [-0.39, 0.29) is 11.9 Å². The number of likely N-dealkylation sites (tertiary alicyclic amines) is 1. The number of amides is 1. The zero-order chi connectivity index (χ0) is 23.2. The number of rotatable bonds is 8. The maximum absolute atomic E-state index is 12.9. The monoisotopic (exact) mass is 464 g/mol. The molecule has 1 saturated heterocycles. The number of thioether (sulfide) groups is 1. The van der Waals surface area contributed by atoms with Crippen LogP contribution in [0.1, 0.15) is 38.3 Å². The van der Waals surface area contributed by atoms with Gasteiger partial charge in [-0.2, -0.15) is 0 Å². The molecule has 4 rings (SSSR count). The van der Waals surface area contributed by atoms with E-state index in [0.29, 0.717) is 11.7 Å². The highest BCUT2D eigenvalue weighted by atomic mass is 32.2. The molecule has 1 amide bonds. The quantitative estimate of drug-likeness (QED) is 0.434. The van der Waals surface area contributed by atoms with Crippen LogP contribution in [0.25, 0.3) is 11.4 Å². The molecule has 33 heavy (non-hydrogen) atoms. The Labute approximate surface area is 200 Å². The summed E-state index contributed by atoms with van der Waals surface area (Å²) in [4.78, 5) is 14.9. The number of carbonyl (C=O) groups excluding carboxylic acids is 1. The zero-order valence-electron chi connectivity index (χ0n) is 19.6. The molecule has 1 aliphatic rings. The first kappa shape index (κ1) is 23.4. The lowest BCUT2D eigenvalue weighted by atomic mass is 9.90. The molecule has 0 saturated carbocycles. The summed E-state index contributed by atoms with van der Waals surface area (Å²) < 4.78 is 7.36. The smallest absolute Gasteiger partial charge is 0.233 e. The fraction of sp³-hybridized carbons (Fsp3) is 0.423. The van der Waals surface area contributed by atoms with Crippen molar-refractivity contribution < 1.29 is 9.53 Å². The molecule has 6 nitrogen and oxygen atoms in total. The number of piperidine rings is 1. The highest BCUT2D eigenvalue weighted by Crippen LogP contribution is 2.29. The molecule has 174 valence electrons. The predicted octanol–water partition coefficient (Wildman–Crippen LogP) is 5.11. The summed E-state index contributed by atoms with van der Waals surface area (Å²) in [6.07, 6.45) is 3.23. The second-order valence-corrected chi connectivity index (χ2v) is 9.74. The molecule has 0 N–H and O–H groups in total. The van der Waals surface area contributed by atoms with Gasteiger partial charge in [-0.25, -0.2) is 0 Å². The first-order valence-corrected chi connectivity index (χ1v) is 12.6. The Morgan fingerprint density at radius 2 is 1.76 bits per heavy atom. The van der Waals surface area contributed by atoms with Gasteiger partial charge in [0, 0.05) is 24.7 Å². The first-order valence-electron chi connectivity index (χ1n) is 11.6. The minimum atomic E-state index is 0.183. The molecule has 1 aliphatic heterocycles. The molecule has 1 fully saturated rings. The van der Waals surface area contributed by atoms with Gasteiger partial charge in [-0.3, -0.25) is 9.36 Å². The molecule has 3 aromatic rings. The van der Waals surface area contributed by atoms with Gasteiger partial charge in [-0.05, 0) is 68.9 Å². The zero-order valence-corrected chi connectivity index (χ0v) is 20.4. The van der Waals surface area contributed by atoms with Gasteiger partial charge in [0.05, 0.1) is 12.9 Å². The van der Waals surface area contributed by atoms with E-state index in [1.807, 2.05) is 29.2 Å². The minimum Gasteiger partial charge on any atom is -0.497 e. The van der Waals surface area contributed by atoms with Gasteiger partial charge < -0.3 is 9.64 Å². The van der Waals surface area contributed by atoms with Crippen LogP contribution in [0.15, 0.2) is 59.8 Å². The third-order valence-corrected chi connectivity index (χ3v) is 7.12. The Bertz CT molecular complexity index is 1040. The number of nitrogens with zero attached hydrogens (tertiary/aromatic N) is 4. The second-order valence-electron chi connectivity index (χ2n) is 8.80. The van der Waals surface area contributed by atoms with Crippen LogP contribution in [0.5, 0.6) is 5.75 Å². The summed E-state index contributed by atoms with van der Waals surface area (Å²) in [6, 6.07) is 18.6. The predicted molar refractivity (Wildman–Crippen MR) is 133 cm³/mol. The minimum absolute atomic E-state index is 0.183. The van der Waals surface area contributed by atoms with E-state index < -0.39 is 0 Å². The maximum atomic E-state index is 12.9. The van der Waals surface area contributed by atoms with Crippen molar-refractivity contribution in [2.75, 3.05) is 26.0 Å². The fourth-order valence-corrected chi connectivity index (χ4v) is 5.30. The third-order valence-electron chi connectivity index (χ3n) is 6.19. The number of hydrogen-bond donors (Lipinski definition) is 0. The average Bonchev–Trinajstić information content (AvgIpc) is 3.28. The van der Waals surface area contributed by atoms with Crippen LogP contribution in [0.3, 0.4) is 0 Å². The highest BCUT2D eigenvalue weighted by Gasteiger charge is 2.24. The second kappa shape index (κ2) is 10.9. The summed E-state index contributed by atoms with van der Waals surface area (Å²) in [6.45, 7) is 5.90. The van der Waals surface area contributed by atoms with Crippen molar-refractivity contribution in [2.45, 2.75) is 44.3 Å². The molecule has 0 unspecified atom stereocenters. The molecule has 1 aromatic heterocycles. The SMILES string of the molecule is COc1ccc(-c2nnc(SCC(=O)N3CCC(Cc4ccccc4)CC3)n2C(C)C)cc1. The fourth-order valence-electron chi connectivity index (χ4n) is 4.33. The number of methoxy groups -OCH3 is 1. The van der Waals surface area contributed by atoms with E-state index in [1.54, 1.807) is 7.11 Å². The van der Waals surface area contributed by atoms with Crippen molar-refractivity contribution >= 4 is 17.7 Å². The van der Waals surface area contributed by atoms with E-state index in [0.717, 1.165) is 54.6 Å². The van der Waals surface area contributed by atoms with E-state index in [2.05, 4.69) is 58.9 Å². The van der Waals surface area contributed by atoms with Crippen molar-refractivity contribution in [1.29, 1.82) is 0 Å². The number of aromatic nitrogens is 3. The van der Waals surface area contributed by atoms with Crippen molar-refractivity contribution in [1.82, 2.24) is 19.7 Å². The van der Waals surface area contributed by atoms with Gasteiger partial charge in [-0.1, -0.05) is 42.1 Å². The third kappa shape index (κ3) is 5.77. The molecule has 0 radical (unpaired) electrons. The van der Waals surface area contributed by atoms with Crippen LogP contribution in [-0.2, 0) is 11.2 Å². The van der Waals surface area contributed by atoms with Crippen LogP contribution in [0.4, 0.5) is 0 Å². The van der Waals surface area contributed by atoms with Crippen molar-refractivity contribution in [2.24, 2.45) is 5.92 Å². The van der Waals surface area contributed by atoms with Crippen LogP contribution in [0.2, 0.25) is 0 Å². The van der Waals surface area contributed by atoms with Gasteiger partial charge in [0.1, 0.15) is 5.75 Å². The maximum Gasteiger partial charge on any atom is 0.233 e. The van der Waals surface area contributed by atoms with E-state index >= 15 is 0 Å². The Hall–Kier alpha value is -2.80. The molecule has 7 heteroatoms. The van der Waals surface area contributed by atoms with E-state index in [9.17, 15) is 4.79 Å². The van der Waals surface area contributed by atoms with Crippen molar-refractivity contribution in [3.05, 3.63) is 60.2 Å². The van der Waals surface area contributed by atoms with Crippen LogP contribution in [-0.4, -0.2) is 51.5 Å². The van der Waals surface area contributed by atoms with Crippen LogP contribution in [0, 0.1) is 5.92 Å². The molecule has 0 aliphatic carbocycles. The van der Waals surface area contributed by atoms with Crippen LogP contribution >= 0.6 is 11.8 Å². The van der Waals surface area contributed by atoms with Gasteiger partial charge in [0.2, 0.25) is 5.91 Å². The average molecular weight is 465 g/mol. The Morgan fingerprint density at radius 3 is 2.39 bits per heavy atom. The van der Waals surface area contributed by atoms with Crippen molar-refractivity contribution in [3.63, 3.8) is 0 Å². The summed E-state index contributed by atoms with van der Waals surface area (Å²) in [7, 11) is 1.66. The highest BCUT2D eigenvalue weighted by molar-refractivity contribution is 7.99. The first-order chi connectivity index (χ1) is 16.0. The molecule has 2 aromatic carbocycles. The Balaban J connectivity index is 1.34. The Kier molecular flexibility index (Phi) is 7.70. The molecule has 0 spiro atoms. The lowest BCUT2D eigenvalue weighted by Crippen LogP contribution is -2.39. The van der Waals surface area contributed by atoms with Gasteiger partial charge in [-0.15, -0.1) is 10.2 Å². The summed E-state index contributed by atoms with van der Waals surface area (Å²) in [5.41, 5.74) is 2.37. The van der Waals surface area contributed by atoms with Crippen LogP contribution < -0.4 is 4.74 Å². The standard InChI is InChI=1S/C26H32N4O2S/c1-19(2)30-25(22-9-11-23(32-3)12-10-22)27-28-26(30)33-18-24(31)29-15-13-21(14-16-29)17-20-7-5-4-6-8-20/h4-12,19,21H,13-18H2,1-3H3.